The number of hydrogen-bond acceptors (Lipinski definition) is 10. The van der Waals surface area contributed by atoms with Gasteiger partial charge >= 0.3 is 17.9 Å². The Morgan fingerprint density at radius 2 is 1.06 bits per heavy atom. The first-order valence-electron chi connectivity index (χ1n) is 10.9. The van der Waals surface area contributed by atoms with Gasteiger partial charge in [0.05, 0.1) is 25.7 Å². The van der Waals surface area contributed by atoms with Crippen molar-refractivity contribution in [2.75, 3.05) is 79.1 Å². The Morgan fingerprint density at radius 1 is 0.735 bits per heavy atom. The number of carboxylic acids is 3. The zero-order valence-electron chi connectivity index (χ0n) is 19.5. The van der Waals surface area contributed by atoms with Crippen LogP contribution in [0.3, 0.4) is 0 Å². The zero-order valence-corrected chi connectivity index (χ0v) is 19.5. The van der Waals surface area contributed by atoms with E-state index in [1.807, 2.05) is 0 Å². The summed E-state index contributed by atoms with van der Waals surface area (Å²) in [6, 6.07) is -0.618. The van der Waals surface area contributed by atoms with E-state index in [4.69, 9.17) is 15.9 Å². The van der Waals surface area contributed by atoms with Gasteiger partial charge in [0.2, 0.25) is 5.91 Å². The van der Waals surface area contributed by atoms with Crippen molar-refractivity contribution in [2.24, 2.45) is 5.73 Å². The van der Waals surface area contributed by atoms with Gasteiger partial charge in [-0.1, -0.05) is 0 Å². The predicted octanol–water partition coefficient (Wildman–Crippen LogP) is -3.10. The average Bonchev–Trinajstić information content (AvgIpc) is 2.75. The third-order valence-corrected chi connectivity index (χ3v) is 5.26. The molecule has 1 saturated heterocycles. The highest BCUT2D eigenvalue weighted by Gasteiger charge is 2.23. The predicted molar refractivity (Wildman–Crippen MR) is 120 cm³/mol. The van der Waals surface area contributed by atoms with E-state index in [0.717, 1.165) is 7.11 Å². The summed E-state index contributed by atoms with van der Waals surface area (Å²) in [4.78, 5) is 63.3. The normalized spacial score (nSPS) is 18.4. The molecule has 0 aromatic carbocycles. The van der Waals surface area contributed by atoms with E-state index < -0.39 is 29.9 Å². The van der Waals surface area contributed by atoms with Crippen molar-refractivity contribution >= 4 is 30.1 Å². The van der Waals surface area contributed by atoms with Gasteiger partial charge in [-0.15, -0.1) is 0 Å². The fourth-order valence-electron chi connectivity index (χ4n) is 3.56. The summed E-state index contributed by atoms with van der Waals surface area (Å²) in [6.07, 6.45) is 0.942. The minimum atomic E-state index is -1.03. The Balaban J connectivity index is 0.00000529. The summed E-state index contributed by atoms with van der Waals surface area (Å²) in [7, 11) is 1.00. The van der Waals surface area contributed by atoms with Crippen LogP contribution in [0.4, 0.5) is 0 Å². The van der Waals surface area contributed by atoms with Crippen LogP contribution in [0.15, 0.2) is 0 Å². The van der Waals surface area contributed by atoms with Crippen molar-refractivity contribution in [3.8, 4) is 0 Å². The van der Waals surface area contributed by atoms with Gasteiger partial charge in [-0.05, 0) is 6.42 Å². The highest BCUT2D eigenvalue weighted by molar-refractivity contribution is 5.74. The fraction of sp³-hybridized carbons (Fsp3) is 0.750. The fourth-order valence-corrected chi connectivity index (χ4v) is 3.56. The molecule has 0 aromatic rings. The SMILES string of the molecule is CO.NC(=O)CCC(C=O)N1CCN(CC(=O)O)CCN(CC(=O)O)CCN(CC(=O)O)CC1. The number of amides is 1. The molecule has 1 amide bonds. The molecule has 1 rings (SSSR count). The van der Waals surface area contributed by atoms with Crippen LogP contribution in [0.25, 0.3) is 0 Å². The molecule has 0 aliphatic carbocycles. The Kier molecular flexibility index (Phi) is 16.4. The van der Waals surface area contributed by atoms with E-state index in [9.17, 15) is 34.2 Å². The number of nitrogens with zero attached hydrogens (tertiary/aromatic N) is 4. The van der Waals surface area contributed by atoms with Crippen molar-refractivity contribution in [1.82, 2.24) is 19.6 Å². The van der Waals surface area contributed by atoms with Crippen LogP contribution >= 0.6 is 0 Å². The van der Waals surface area contributed by atoms with Crippen LogP contribution in [-0.2, 0) is 24.0 Å². The van der Waals surface area contributed by atoms with Gasteiger partial charge in [-0.3, -0.25) is 38.8 Å². The number of carboxylic acid groups (broad SMARTS) is 3. The lowest BCUT2D eigenvalue weighted by atomic mass is 10.1. The first-order chi connectivity index (χ1) is 16.1. The third-order valence-electron chi connectivity index (χ3n) is 5.26. The van der Waals surface area contributed by atoms with Crippen molar-refractivity contribution in [3.05, 3.63) is 0 Å². The summed E-state index contributed by atoms with van der Waals surface area (Å²) >= 11 is 0. The Labute approximate surface area is 198 Å². The summed E-state index contributed by atoms with van der Waals surface area (Å²) < 4.78 is 0. The van der Waals surface area contributed by atoms with Crippen LogP contribution < -0.4 is 5.73 Å². The minimum Gasteiger partial charge on any atom is -0.480 e. The average molecular weight is 492 g/mol. The number of aliphatic hydroxyl groups excluding tert-OH is 1. The van der Waals surface area contributed by atoms with Crippen LogP contribution in [0.1, 0.15) is 12.8 Å². The molecule has 0 saturated carbocycles. The molecule has 1 aliphatic heterocycles. The summed E-state index contributed by atoms with van der Waals surface area (Å²) in [5.74, 6) is -3.62. The number of aldehydes is 1. The van der Waals surface area contributed by atoms with Crippen LogP contribution in [0.5, 0.6) is 0 Å². The molecule has 6 N–H and O–H groups in total. The second-order valence-electron chi connectivity index (χ2n) is 7.75. The highest BCUT2D eigenvalue weighted by Crippen LogP contribution is 2.08. The highest BCUT2D eigenvalue weighted by atomic mass is 16.4. The quantitative estimate of drug-likeness (QED) is 0.182. The van der Waals surface area contributed by atoms with Gasteiger partial charge in [0.15, 0.2) is 0 Å². The molecule has 0 bridgehead atoms. The van der Waals surface area contributed by atoms with E-state index in [0.29, 0.717) is 58.6 Å². The number of carbonyl (C=O) groups is 5. The Morgan fingerprint density at radius 3 is 1.32 bits per heavy atom. The maximum atomic E-state index is 11.7. The molecule has 196 valence electrons. The van der Waals surface area contributed by atoms with Crippen LogP contribution in [-0.4, -0.2) is 155 Å². The molecule has 1 atom stereocenters. The number of rotatable bonds is 11. The van der Waals surface area contributed by atoms with E-state index in [-0.39, 0.29) is 32.5 Å². The van der Waals surface area contributed by atoms with Crippen molar-refractivity contribution in [3.63, 3.8) is 0 Å². The van der Waals surface area contributed by atoms with Crippen molar-refractivity contribution in [1.29, 1.82) is 0 Å². The Hall–Kier alpha value is -2.65. The number of hydrogen-bond donors (Lipinski definition) is 5. The van der Waals surface area contributed by atoms with E-state index in [2.05, 4.69) is 0 Å². The van der Waals surface area contributed by atoms with Gasteiger partial charge in [-0.25, -0.2) is 0 Å². The zero-order chi connectivity index (χ0) is 26.1. The number of primary amides is 1. The lowest BCUT2D eigenvalue weighted by Crippen LogP contribution is -2.50. The van der Waals surface area contributed by atoms with Crippen molar-refractivity contribution < 1.29 is 44.4 Å². The summed E-state index contributed by atoms with van der Waals surface area (Å²) in [5, 5.41) is 34.6. The van der Waals surface area contributed by atoms with Crippen LogP contribution in [0, 0.1) is 0 Å². The topological polar surface area (TPSA) is 205 Å². The second kappa shape index (κ2) is 17.8. The first kappa shape index (κ1) is 31.4. The lowest BCUT2D eigenvalue weighted by Gasteiger charge is -2.35. The molecule has 1 heterocycles. The molecule has 1 unspecified atom stereocenters. The molecule has 0 aromatic heterocycles. The van der Waals surface area contributed by atoms with Gasteiger partial charge in [0.25, 0.3) is 0 Å². The number of aliphatic carboxylic acids is 3. The van der Waals surface area contributed by atoms with Gasteiger partial charge in [0, 0.05) is 65.9 Å². The molecule has 1 fully saturated rings. The Bertz CT molecular complexity index is 632. The van der Waals surface area contributed by atoms with Gasteiger partial charge in [-0.2, -0.15) is 0 Å². The standard InChI is InChI=1S/C19H33N5O8.CH4O/c20-16(26)2-1-15(14-25)24-9-7-22(12-18(29)30)5-3-21(11-17(27)28)4-6-23(8-10-24)13-19(31)32;1-2/h14-15H,1-13H2,(H2,20,26)(H,27,28)(H,29,30)(H,31,32);2H,1H3. The molecule has 14 heteroatoms. The molecule has 34 heavy (non-hydrogen) atoms. The van der Waals surface area contributed by atoms with Crippen molar-refractivity contribution in [2.45, 2.75) is 18.9 Å². The minimum absolute atomic E-state index is 0.0156. The van der Waals surface area contributed by atoms with Gasteiger partial charge in [0.1, 0.15) is 6.29 Å². The number of carbonyl (C=O) groups excluding carboxylic acids is 2. The monoisotopic (exact) mass is 491 g/mol. The number of nitrogens with two attached hydrogens (primary N) is 1. The summed E-state index contributed by atoms with van der Waals surface area (Å²) in [5.41, 5.74) is 5.20. The molecular weight excluding hydrogens is 454 g/mol. The maximum Gasteiger partial charge on any atom is 0.317 e. The largest absolute Gasteiger partial charge is 0.480 e. The summed E-state index contributed by atoms with van der Waals surface area (Å²) in [6.45, 7) is 1.66. The number of aliphatic hydroxyl groups is 1. The van der Waals surface area contributed by atoms with E-state index in [1.165, 1.54) is 0 Å². The second-order valence-corrected chi connectivity index (χ2v) is 7.75. The third kappa shape index (κ3) is 14.5. The van der Waals surface area contributed by atoms with Gasteiger partial charge < -0.3 is 31.0 Å². The first-order valence-corrected chi connectivity index (χ1v) is 10.9. The smallest absolute Gasteiger partial charge is 0.317 e. The molecule has 1 aliphatic rings. The lowest BCUT2D eigenvalue weighted by molar-refractivity contribution is -0.140. The molecule has 14 nitrogen and oxygen atoms in total. The molecule has 0 radical (unpaired) electrons. The van der Waals surface area contributed by atoms with E-state index in [1.54, 1.807) is 19.6 Å². The van der Waals surface area contributed by atoms with Crippen LogP contribution in [0.2, 0.25) is 0 Å². The molecular formula is C20H37N5O9. The molecule has 0 spiro atoms. The maximum absolute atomic E-state index is 11.7. The van der Waals surface area contributed by atoms with E-state index >= 15 is 0 Å².